The number of methoxy groups -OCH3 is 1. The zero-order valence-corrected chi connectivity index (χ0v) is 20.9. The molecular formula is C30H25N3O5. The summed E-state index contributed by atoms with van der Waals surface area (Å²) in [4.78, 5) is 3.40. The van der Waals surface area contributed by atoms with Gasteiger partial charge in [0.15, 0.2) is 5.69 Å². The molecule has 4 aromatic rings. The van der Waals surface area contributed by atoms with Crippen LogP contribution in [0.15, 0.2) is 60.7 Å². The summed E-state index contributed by atoms with van der Waals surface area (Å²) in [6.07, 6.45) is 0.551. The van der Waals surface area contributed by atoms with E-state index in [0.717, 1.165) is 10.8 Å². The van der Waals surface area contributed by atoms with Crippen LogP contribution in [0.1, 0.15) is 36.5 Å². The second-order valence-electron chi connectivity index (χ2n) is 9.86. The van der Waals surface area contributed by atoms with Crippen molar-refractivity contribution in [3.05, 3.63) is 88.8 Å². The number of aromatic nitrogens is 1. The molecule has 3 atom stereocenters. The Hall–Kier alpha value is -4.50. The van der Waals surface area contributed by atoms with Gasteiger partial charge >= 0.3 is 0 Å². The highest BCUT2D eigenvalue weighted by molar-refractivity contribution is 5.95. The minimum absolute atomic E-state index is 0.105. The molecule has 0 amide bonds. The number of ether oxygens (including phenoxy) is 3. The molecule has 190 valence electrons. The molecule has 1 fully saturated rings. The van der Waals surface area contributed by atoms with E-state index in [-0.39, 0.29) is 24.5 Å². The van der Waals surface area contributed by atoms with Crippen molar-refractivity contribution in [1.82, 2.24) is 4.57 Å². The monoisotopic (exact) mass is 507 g/mol. The quantitative estimate of drug-likeness (QED) is 0.320. The number of aromatic hydroxyl groups is 2. The smallest absolute Gasteiger partial charge is 0.205 e. The molecule has 0 aliphatic carbocycles. The maximum Gasteiger partial charge on any atom is 0.205 e. The van der Waals surface area contributed by atoms with E-state index in [1.54, 1.807) is 43.5 Å². The van der Waals surface area contributed by atoms with Gasteiger partial charge in [-0.2, -0.15) is 5.26 Å². The Morgan fingerprint density at radius 1 is 1.08 bits per heavy atom. The van der Waals surface area contributed by atoms with Crippen LogP contribution in [0.5, 0.6) is 17.5 Å². The van der Waals surface area contributed by atoms with Crippen LogP contribution in [0.3, 0.4) is 0 Å². The summed E-state index contributed by atoms with van der Waals surface area (Å²) in [7, 11) is 1.62. The van der Waals surface area contributed by atoms with Gasteiger partial charge in [0.2, 0.25) is 11.8 Å². The topological polar surface area (TPSA) is 101 Å². The summed E-state index contributed by atoms with van der Waals surface area (Å²) < 4.78 is 19.8. The van der Waals surface area contributed by atoms with Gasteiger partial charge in [0.1, 0.15) is 17.0 Å². The predicted molar refractivity (Wildman–Crippen MR) is 140 cm³/mol. The van der Waals surface area contributed by atoms with Gasteiger partial charge < -0.3 is 24.4 Å². The Kier molecular flexibility index (Phi) is 5.36. The fourth-order valence-electron chi connectivity index (χ4n) is 6.16. The van der Waals surface area contributed by atoms with Gasteiger partial charge in [0.05, 0.1) is 47.7 Å². The molecule has 8 heteroatoms. The van der Waals surface area contributed by atoms with E-state index in [1.165, 1.54) is 4.57 Å². The van der Waals surface area contributed by atoms with Crippen molar-refractivity contribution in [1.29, 1.82) is 5.26 Å². The molecule has 3 heterocycles. The van der Waals surface area contributed by atoms with E-state index in [4.69, 9.17) is 20.8 Å². The Labute approximate surface area is 219 Å². The van der Waals surface area contributed by atoms with Gasteiger partial charge in [-0.1, -0.05) is 36.4 Å². The lowest BCUT2D eigenvalue weighted by Gasteiger charge is -2.29. The molecule has 1 saturated heterocycles. The van der Waals surface area contributed by atoms with Crippen molar-refractivity contribution in [2.24, 2.45) is 0 Å². The van der Waals surface area contributed by atoms with Crippen LogP contribution in [0.4, 0.5) is 5.69 Å². The molecule has 6 rings (SSSR count). The fourth-order valence-corrected chi connectivity index (χ4v) is 6.16. The summed E-state index contributed by atoms with van der Waals surface area (Å²) >= 11 is 0. The Balaban J connectivity index is 1.44. The van der Waals surface area contributed by atoms with Crippen molar-refractivity contribution in [3.8, 4) is 29.3 Å². The summed E-state index contributed by atoms with van der Waals surface area (Å²) in [6.45, 7) is 9.27. The van der Waals surface area contributed by atoms with Gasteiger partial charge in [-0.25, -0.2) is 4.85 Å². The zero-order chi connectivity index (χ0) is 26.7. The van der Waals surface area contributed by atoms with Gasteiger partial charge in [-0.3, -0.25) is 4.57 Å². The Morgan fingerprint density at radius 2 is 1.79 bits per heavy atom. The molecule has 2 bridgehead atoms. The summed E-state index contributed by atoms with van der Waals surface area (Å²) in [5.74, 6) is 0.408. The van der Waals surface area contributed by atoms with Crippen LogP contribution < -0.4 is 4.74 Å². The number of nitriles is 1. The summed E-state index contributed by atoms with van der Waals surface area (Å²) in [6, 6.07) is 20.0. The summed E-state index contributed by atoms with van der Waals surface area (Å²) in [5.41, 5.74) is 0.732. The second-order valence-corrected chi connectivity index (χ2v) is 9.86. The van der Waals surface area contributed by atoms with E-state index in [1.807, 2.05) is 31.2 Å². The van der Waals surface area contributed by atoms with Crippen LogP contribution >= 0.6 is 0 Å². The normalized spacial score (nSPS) is 23.2. The predicted octanol–water partition coefficient (Wildman–Crippen LogP) is 5.79. The van der Waals surface area contributed by atoms with E-state index in [9.17, 15) is 15.5 Å². The number of fused-ring (bicyclic) bond motifs is 6. The third kappa shape index (κ3) is 3.21. The molecule has 2 unspecified atom stereocenters. The van der Waals surface area contributed by atoms with Gasteiger partial charge in [-0.05, 0) is 31.2 Å². The molecule has 1 aromatic heterocycles. The lowest BCUT2D eigenvalue weighted by atomic mass is 9.76. The van der Waals surface area contributed by atoms with Crippen LogP contribution in [0, 0.1) is 17.9 Å². The maximum absolute atomic E-state index is 11.7. The van der Waals surface area contributed by atoms with Crippen LogP contribution in [0.2, 0.25) is 0 Å². The van der Waals surface area contributed by atoms with E-state index >= 15 is 0 Å². The molecule has 8 nitrogen and oxygen atoms in total. The van der Waals surface area contributed by atoms with E-state index in [0.29, 0.717) is 46.7 Å². The third-order valence-corrected chi connectivity index (χ3v) is 7.90. The van der Waals surface area contributed by atoms with Crippen molar-refractivity contribution < 1.29 is 24.4 Å². The molecule has 38 heavy (non-hydrogen) atoms. The molecule has 3 aromatic carbocycles. The first-order valence-electron chi connectivity index (χ1n) is 12.3. The number of hydrogen-bond donors (Lipinski definition) is 2. The minimum Gasteiger partial charge on any atom is -0.494 e. The minimum atomic E-state index is -0.976. The Bertz CT molecular complexity index is 1660. The van der Waals surface area contributed by atoms with Crippen LogP contribution in [-0.4, -0.2) is 34.6 Å². The SMILES string of the molecule is [C-]#[N+]c1ccc(OCCC23C[C@H](OC)C(C)(O2)c2c3c(O)n(-c3ccc(C#N)c4ccccc34)c2O)cc1. The van der Waals surface area contributed by atoms with Crippen molar-refractivity contribution in [3.63, 3.8) is 0 Å². The number of nitrogens with zero attached hydrogens (tertiary/aromatic N) is 3. The van der Waals surface area contributed by atoms with Crippen molar-refractivity contribution in [2.75, 3.05) is 13.7 Å². The van der Waals surface area contributed by atoms with E-state index in [2.05, 4.69) is 10.9 Å². The second kappa shape index (κ2) is 8.53. The zero-order valence-electron chi connectivity index (χ0n) is 20.9. The van der Waals surface area contributed by atoms with Crippen molar-refractivity contribution >= 4 is 16.5 Å². The fraction of sp³-hybridized carbons (Fsp3) is 0.267. The lowest BCUT2D eigenvalue weighted by Crippen LogP contribution is -2.35. The molecule has 2 aliphatic heterocycles. The maximum atomic E-state index is 11.7. The summed E-state index contributed by atoms with van der Waals surface area (Å²) in [5, 5.41) is 34.3. The van der Waals surface area contributed by atoms with Gasteiger partial charge in [-0.15, -0.1) is 0 Å². The molecule has 0 radical (unpaired) electrons. The van der Waals surface area contributed by atoms with E-state index < -0.39 is 11.2 Å². The Morgan fingerprint density at radius 3 is 2.47 bits per heavy atom. The average Bonchev–Trinajstić information content (AvgIpc) is 3.49. The highest BCUT2D eigenvalue weighted by atomic mass is 16.6. The van der Waals surface area contributed by atoms with Crippen LogP contribution in [0.25, 0.3) is 21.3 Å². The van der Waals surface area contributed by atoms with Crippen LogP contribution in [-0.2, 0) is 20.7 Å². The number of hydrogen-bond acceptors (Lipinski definition) is 6. The molecule has 2 N–H and O–H groups in total. The van der Waals surface area contributed by atoms with Gasteiger partial charge in [0, 0.05) is 30.7 Å². The number of benzene rings is 3. The average molecular weight is 508 g/mol. The first-order valence-corrected chi connectivity index (χ1v) is 12.3. The largest absolute Gasteiger partial charge is 0.494 e. The molecule has 0 spiro atoms. The molecular weight excluding hydrogens is 482 g/mol. The number of rotatable bonds is 6. The lowest BCUT2D eigenvalue weighted by molar-refractivity contribution is -0.112. The standard InChI is InChI=1S/C30H25N3O5/c1-29-24(36-3)16-30(38-29,14-15-37-20-11-9-19(32-2)10-12-20)26-25(29)27(34)33(28(26)35)23-13-8-18(17-31)21-6-4-5-7-22(21)23/h4-13,24,34-35H,14-16H2,1,3H3/t24-,29?,30?/m0/s1. The van der Waals surface area contributed by atoms with Gasteiger partial charge in [0.25, 0.3) is 0 Å². The molecule has 0 saturated carbocycles. The third-order valence-electron chi connectivity index (χ3n) is 7.90. The highest BCUT2D eigenvalue weighted by Crippen LogP contribution is 2.66. The first kappa shape index (κ1) is 23.9. The van der Waals surface area contributed by atoms with Crippen molar-refractivity contribution in [2.45, 2.75) is 37.1 Å². The first-order chi connectivity index (χ1) is 18.4. The molecule has 2 aliphatic rings. The highest BCUT2D eigenvalue weighted by Gasteiger charge is 2.66.